The number of rotatable bonds is 12. The summed E-state index contributed by atoms with van der Waals surface area (Å²) in [5.41, 5.74) is 2.67. The van der Waals surface area contributed by atoms with Crippen LogP contribution in [0.2, 0.25) is 5.02 Å². The summed E-state index contributed by atoms with van der Waals surface area (Å²) in [6.07, 6.45) is 5.31. The van der Waals surface area contributed by atoms with Crippen molar-refractivity contribution in [3.63, 3.8) is 0 Å². The van der Waals surface area contributed by atoms with Gasteiger partial charge in [0.05, 0.1) is 10.6 Å². The smallest absolute Gasteiger partial charge is 0.264 e. The first-order valence-corrected chi connectivity index (χ1v) is 17.6. The number of anilines is 1. The summed E-state index contributed by atoms with van der Waals surface area (Å²) in [7, 11) is -4.20. The van der Waals surface area contributed by atoms with Crippen molar-refractivity contribution >= 4 is 39.1 Å². The highest BCUT2D eigenvalue weighted by Crippen LogP contribution is 2.30. The van der Waals surface area contributed by atoms with Crippen LogP contribution in [-0.2, 0) is 32.6 Å². The maximum Gasteiger partial charge on any atom is 0.264 e. The Bertz CT molecular complexity index is 1710. The number of hydrogen-bond acceptors (Lipinski definition) is 4. The molecule has 0 heterocycles. The number of halogens is 1. The Labute approximate surface area is 277 Å². The van der Waals surface area contributed by atoms with E-state index < -0.39 is 28.5 Å². The van der Waals surface area contributed by atoms with Gasteiger partial charge in [-0.05, 0) is 60.7 Å². The van der Waals surface area contributed by atoms with E-state index in [9.17, 15) is 18.0 Å². The fourth-order valence-electron chi connectivity index (χ4n) is 5.96. The van der Waals surface area contributed by atoms with Crippen molar-refractivity contribution < 1.29 is 18.0 Å². The summed E-state index contributed by atoms with van der Waals surface area (Å²) in [4.78, 5) is 30.4. The van der Waals surface area contributed by atoms with Crippen molar-refractivity contribution in [3.8, 4) is 0 Å². The summed E-state index contributed by atoms with van der Waals surface area (Å²) in [6, 6.07) is 31.2. The van der Waals surface area contributed by atoms with E-state index in [1.807, 2.05) is 60.7 Å². The summed E-state index contributed by atoms with van der Waals surface area (Å²) in [6.45, 7) is 1.39. The van der Waals surface area contributed by atoms with Gasteiger partial charge in [-0.15, -0.1) is 0 Å². The molecule has 5 rings (SSSR count). The van der Waals surface area contributed by atoms with Crippen LogP contribution in [0.15, 0.2) is 114 Å². The highest BCUT2D eigenvalue weighted by molar-refractivity contribution is 7.92. The number of benzene rings is 4. The molecule has 7 nitrogen and oxygen atoms in total. The molecule has 2 amide bonds. The molecule has 0 aromatic heterocycles. The minimum atomic E-state index is -4.20. The molecule has 4 aromatic rings. The van der Waals surface area contributed by atoms with Crippen LogP contribution in [0.4, 0.5) is 5.69 Å². The molecular formula is C37H40ClN3O4S. The zero-order valence-corrected chi connectivity index (χ0v) is 27.6. The Balaban J connectivity index is 1.57. The summed E-state index contributed by atoms with van der Waals surface area (Å²) in [5, 5.41) is 3.58. The molecule has 0 unspecified atom stereocenters. The van der Waals surface area contributed by atoms with Gasteiger partial charge in [0.25, 0.3) is 10.0 Å². The lowest BCUT2D eigenvalue weighted by Crippen LogP contribution is -2.55. The zero-order chi connectivity index (χ0) is 32.5. The summed E-state index contributed by atoms with van der Waals surface area (Å²) >= 11 is 6.37. The molecule has 1 fully saturated rings. The fraction of sp³-hybridized carbons (Fsp3) is 0.297. The standard InChI is InChI=1S/C37H40ClN3O4S/c1-28-22-23-31(38)25-34(28)41(46(44,45)33-20-12-5-13-21-33)27-36(42)40(26-30-16-8-3-9-17-30)35(24-29-14-6-2-7-15-29)37(43)39-32-18-10-4-11-19-32/h2-3,5-9,12-17,20-23,25,32,35H,4,10-11,18-19,24,26-27H2,1H3,(H,39,43)/t35-/m1/s1. The van der Waals surface area contributed by atoms with Crippen LogP contribution in [0.1, 0.15) is 48.8 Å². The van der Waals surface area contributed by atoms with E-state index >= 15 is 0 Å². The van der Waals surface area contributed by atoms with Gasteiger partial charge in [0, 0.05) is 24.0 Å². The molecule has 0 bridgehead atoms. The number of carbonyl (C=O) groups is 2. The molecule has 240 valence electrons. The van der Waals surface area contributed by atoms with E-state index in [1.165, 1.54) is 17.0 Å². The Kier molecular flexibility index (Phi) is 11.1. The third kappa shape index (κ3) is 8.36. The summed E-state index contributed by atoms with van der Waals surface area (Å²) in [5.74, 6) is -0.737. The molecule has 0 radical (unpaired) electrons. The molecule has 1 saturated carbocycles. The van der Waals surface area contributed by atoms with Crippen molar-refractivity contribution in [2.45, 2.75) is 69.0 Å². The molecule has 1 aliphatic rings. The lowest BCUT2D eigenvalue weighted by atomic mass is 9.94. The molecule has 1 aliphatic carbocycles. The summed E-state index contributed by atoms with van der Waals surface area (Å²) < 4.78 is 29.5. The molecule has 0 aliphatic heterocycles. The number of carbonyl (C=O) groups excluding carboxylic acids is 2. The van der Waals surface area contributed by atoms with Gasteiger partial charge in [0.2, 0.25) is 11.8 Å². The fourth-order valence-corrected chi connectivity index (χ4v) is 7.62. The van der Waals surface area contributed by atoms with Gasteiger partial charge in [0.1, 0.15) is 12.6 Å². The average Bonchev–Trinajstić information content (AvgIpc) is 3.08. The predicted octanol–water partition coefficient (Wildman–Crippen LogP) is 6.93. The third-order valence-electron chi connectivity index (χ3n) is 8.47. The Morgan fingerprint density at radius 1 is 0.826 bits per heavy atom. The number of nitrogens with one attached hydrogen (secondary N) is 1. The second kappa shape index (κ2) is 15.4. The van der Waals surface area contributed by atoms with E-state index in [-0.39, 0.29) is 29.8 Å². The van der Waals surface area contributed by atoms with E-state index in [1.54, 1.807) is 43.3 Å². The first kappa shape index (κ1) is 33.2. The van der Waals surface area contributed by atoms with E-state index in [4.69, 9.17) is 11.6 Å². The minimum absolute atomic E-state index is 0.0391. The second-order valence-corrected chi connectivity index (χ2v) is 14.1. The van der Waals surface area contributed by atoms with Crippen molar-refractivity contribution in [3.05, 3.63) is 131 Å². The zero-order valence-electron chi connectivity index (χ0n) is 26.0. The van der Waals surface area contributed by atoms with Gasteiger partial charge < -0.3 is 10.2 Å². The Morgan fingerprint density at radius 2 is 1.41 bits per heavy atom. The second-order valence-electron chi connectivity index (χ2n) is 11.8. The van der Waals surface area contributed by atoms with Crippen LogP contribution in [0.5, 0.6) is 0 Å². The normalized spacial score (nSPS) is 14.3. The van der Waals surface area contributed by atoms with Crippen molar-refractivity contribution in [2.24, 2.45) is 0 Å². The topological polar surface area (TPSA) is 86.8 Å². The lowest BCUT2D eigenvalue weighted by molar-refractivity contribution is -0.140. The Morgan fingerprint density at radius 3 is 2.04 bits per heavy atom. The third-order valence-corrected chi connectivity index (χ3v) is 10.5. The molecule has 0 spiro atoms. The highest BCUT2D eigenvalue weighted by atomic mass is 35.5. The first-order chi connectivity index (χ1) is 22.2. The van der Waals surface area contributed by atoms with Gasteiger partial charge in [-0.3, -0.25) is 13.9 Å². The van der Waals surface area contributed by atoms with Gasteiger partial charge in [0.15, 0.2) is 0 Å². The predicted molar refractivity (Wildman–Crippen MR) is 183 cm³/mol. The lowest BCUT2D eigenvalue weighted by Gasteiger charge is -2.35. The van der Waals surface area contributed by atoms with Crippen molar-refractivity contribution in [1.29, 1.82) is 0 Å². The SMILES string of the molecule is Cc1ccc(Cl)cc1N(CC(=O)N(Cc1ccccc1)[C@H](Cc1ccccc1)C(=O)NC1CCCCC1)S(=O)(=O)c1ccccc1. The maximum atomic E-state index is 14.6. The molecule has 46 heavy (non-hydrogen) atoms. The van der Waals surface area contributed by atoms with Crippen LogP contribution in [0, 0.1) is 6.92 Å². The van der Waals surface area contributed by atoms with Crippen molar-refractivity contribution in [1.82, 2.24) is 10.2 Å². The van der Waals surface area contributed by atoms with Crippen LogP contribution < -0.4 is 9.62 Å². The van der Waals surface area contributed by atoms with Gasteiger partial charge in [-0.1, -0.05) is 116 Å². The minimum Gasteiger partial charge on any atom is -0.352 e. The number of sulfonamides is 1. The monoisotopic (exact) mass is 657 g/mol. The van der Waals surface area contributed by atoms with Crippen LogP contribution in [0.25, 0.3) is 0 Å². The molecule has 9 heteroatoms. The first-order valence-electron chi connectivity index (χ1n) is 15.7. The Hall–Kier alpha value is -4.14. The largest absolute Gasteiger partial charge is 0.352 e. The number of nitrogens with zero attached hydrogens (tertiary/aromatic N) is 2. The van der Waals surface area contributed by atoms with Gasteiger partial charge >= 0.3 is 0 Å². The molecule has 1 N–H and O–H groups in total. The maximum absolute atomic E-state index is 14.6. The quantitative estimate of drug-likeness (QED) is 0.179. The van der Waals surface area contributed by atoms with Crippen molar-refractivity contribution in [2.75, 3.05) is 10.8 Å². The number of amides is 2. The molecule has 4 aromatic carbocycles. The van der Waals surface area contributed by atoms with E-state index in [0.29, 0.717) is 16.3 Å². The number of hydrogen-bond donors (Lipinski definition) is 1. The van der Waals surface area contributed by atoms with Gasteiger partial charge in [-0.2, -0.15) is 0 Å². The van der Waals surface area contributed by atoms with Crippen LogP contribution in [0.3, 0.4) is 0 Å². The number of aryl methyl sites for hydroxylation is 1. The van der Waals surface area contributed by atoms with Crippen LogP contribution >= 0.6 is 11.6 Å². The molecular weight excluding hydrogens is 618 g/mol. The van der Waals surface area contributed by atoms with E-state index in [2.05, 4.69) is 5.32 Å². The molecule has 1 atom stereocenters. The van der Waals surface area contributed by atoms with E-state index in [0.717, 1.165) is 47.5 Å². The highest BCUT2D eigenvalue weighted by Gasteiger charge is 2.35. The van der Waals surface area contributed by atoms with Crippen LogP contribution in [-0.4, -0.2) is 43.8 Å². The van der Waals surface area contributed by atoms with Gasteiger partial charge in [-0.25, -0.2) is 8.42 Å². The average molecular weight is 658 g/mol. The molecule has 0 saturated heterocycles.